The highest BCUT2D eigenvalue weighted by Crippen LogP contribution is 1.98. The Morgan fingerprint density at radius 3 is 2.18 bits per heavy atom. The monoisotopic (exact) mass is 157 g/mol. The molecule has 11 heavy (non-hydrogen) atoms. The Morgan fingerprint density at radius 1 is 1.45 bits per heavy atom. The van der Waals surface area contributed by atoms with Gasteiger partial charge in [-0.05, 0) is 19.4 Å². The minimum Gasteiger partial charge on any atom is -0.506 e. The molecule has 0 bridgehead atoms. The number of rotatable bonds is 2. The molecule has 2 nitrogen and oxygen atoms in total. The molecule has 0 aliphatic carbocycles. The van der Waals surface area contributed by atoms with Gasteiger partial charge in [0.05, 0.1) is 5.70 Å². The van der Waals surface area contributed by atoms with Gasteiger partial charge in [-0.15, -0.1) is 0 Å². The molecule has 0 rings (SSSR count). The normalized spacial score (nSPS) is 12.0. The minimum absolute atomic E-state index is 0.164. The van der Waals surface area contributed by atoms with E-state index in [-0.39, 0.29) is 5.76 Å². The van der Waals surface area contributed by atoms with Crippen LogP contribution >= 0.6 is 0 Å². The zero-order chi connectivity index (χ0) is 9.28. The van der Waals surface area contributed by atoms with Gasteiger partial charge < -0.3 is 10.8 Å². The van der Waals surface area contributed by atoms with E-state index in [9.17, 15) is 0 Å². The molecule has 0 spiro atoms. The smallest absolute Gasteiger partial charge is 0.133 e. The van der Waals surface area contributed by atoms with E-state index in [0.29, 0.717) is 5.70 Å². The molecule has 0 radical (unpaired) electrons. The van der Waals surface area contributed by atoms with Gasteiger partial charge in [-0.1, -0.05) is 26.8 Å². The van der Waals surface area contributed by atoms with Crippen LogP contribution in [0.5, 0.6) is 0 Å². The quantitative estimate of drug-likeness (QED) is 0.478. The van der Waals surface area contributed by atoms with E-state index in [4.69, 9.17) is 10.8 Å². The highest BCUT2D eigenvalue weighted by atomic mass is 16.3. The Kier molecular flexibility index (Phi) is 10.5. The first-order chi connectivity index (χ1) is 5.22. The fraction of sp³-hybridized carbons (Fsp3) is 0.556. The van der Waals surface area contributed by atoms with Crippen LogP contribution in [0.3, 0.4) is 0 Å². The van der Waals surface area contributed by atoms with Crippen LogP contribution in [0.2, 0.25) is 0 Å². The zero-order valence-corrected chi connectivity index (χ0v) is 7.89. The van der Waals surface area contributed by atoms with E-state index in [1.165, 1.54) is 0 Å². The van der Waals surface area contributed by atoms with Crippen LogP contribution in [0.4, 0.5) is 0 Å². The number of allylic oxidation sites excluding steroid dienone is 2. The Bertz CT molecular complexity index is 136. The van der Waals surface area contributed by atoms with Crippen molar-refractivity contribution in [3.05, 3.63) is 23.6 Å². The lowest BCUT2D eigenvalue weighted by atomic mass is 10.3. The average molecular weight is 157 g/mol. The number of hydrogen-bond donors (Lipinski definition) is 2. The fourth-order valence-corrected chi connectivity index (χ4v) is 0.491. The van der Waals surface area contributed by atoms with Gasteiger partial charge in [-0.3, -0.25) is 0 Å². The predicted molar refractivity (Wildman–Crippen MR) is 50.3 cm³/mol. The van der Waals surface area contributed by atoms with Crippen molar-refractivity contribution < 1.29 is 5.11 Å². The average Bonchev–Trinajstić information content (AvgIpc) is 2.07. The summed E-state index contributed by atoms with van der Waals surface area (Å²) in [7, 11) is 0. The van der Waals surface area contributed by atoms with E-state index in [0.717, 1.165) is 6.42 Å². The summed E-state index contributed by atoms with van der Waals surface area (Å²) in [5.41, 5.74) is 5.84. The first-order valence-corrected chi connectivity index (χ1v) is 4.03. The fourth-order valence-electron chi connectivity index (χ4n) is 0.491. The summed E-state index contributed by atoms with van der Waals surface area (Å²) in [6, 6.07) is 0. The minimum atomic E-state index is 0.164. The van der Waals surface area contributed by atoms with Crippen molar-refractivity contribution in [2.45, 2.75) is 34.1 Å². The molecule has 0 atom stereocenters. The van der Waals surface area contributed by atoms with Crippen molar-refractivity contribution in [3.8, 4) is 0 Å². The molecule has 0 aromatic heterocycles. The first-order valence-electron chi connectivity index (χ1n) is 4.03. The summed E-state index contributed by atoms with van der Waals surface area (Å²) >= 11 is 0. The second kappa shape index (κ2) is 9.08. The number of hydrogen-bond acceptors (Lipinski definition) is 2. The van der Waals surface area contributed by atoms with E-state index < -0.39 is 0 Å². The van der Waals surface area contributed by atoms with E-state index in [2.05, 4.69) is 0 Å². The van der Waals surface area contributed by atoms with Crippen molar-refractivity contribution in [1.82, 2.24) is 0 Å². The predicted octanol–water partition coefficient (Wildman–Crippen LogP) is 2.73. The number of nitrogens with two attached hydrogens (primary N) is 1. The summed E-state index contributed by atoms with van der Waals surface area (Å²) in [5, 5.41) is 8.93. The Hall–Kier alpha value is -0.920. The zero-order valence-electron chi connectivity index (χ0n) is 7.89. The summed E-state index contributed by atoms with van der Waals surface area (Å²) in [5.74, 6) is 0.164. The Labute approximate surface area is 69.4 Å². The molecule has 0 fully saturated rings. The third-order valence-corrected chi connectivity index (χ3v) is 0.993. The maximum atomic E-state index is 8.93. The standard InChI is InChI=1S/C7H13NO.C2H6/c1-3-5-6(8)7(9)4-2;1-2/h4-5,9H,3,8H2,1-2H3;1-2H3/b6-5+,7-4+;. The second-order valence-electron chi connectivity index (χ2n) is 1.74. The summed E-state index contributed by atoms with van der Waals surface area (Å²) in [6.07, 6.45) is 4.20. The van der Waals surface area contributed by atoms with Gasteiger partial charge in [0, 0.05) is 0 Å². The molecule has 0 saturated carbocycles. The highest BCUT2D eigenvalue weighted by molar-refractivity contribution is 5.20. The molecule has 0 aromatic rings. The lowest BCUT2D eigenvalue weighted by Gasteiger charge is -1.96. The third-order valence-electron chi connectivity index (χ3n) is 0.993. The van der Waals surface area contributed by atoms with Crippen LogP contribution in [0.15, 0.2) is 23.6 Å². The largest absolute Gasteiger partial charge is 0.506 e. The molecule has 0 heterocycles. The van der Waals surface area contributed by atoms with Gasteiger partial charge in [0.15, 0.2) is 0 Å². The molecule has 0 aliphatic rings. The Balaban J connectivity index is 0. The summed E-state index contributed by atoms with van der Waals surface area (Å²) < 4.78 is 0. The van der Waals surface area contributed by atoms with Gasteiger partial charge in [0.25, 0.3) is 0 Å². The van der Waals surface area contributed by atoms with Crippen LogP contribution in [0, 0.1) is 0 Å². The van der Waals surface area contributed by atoms with Crippen LogP contribution in [0.1, 0.15) is 34.1 Å². The number of aliphatic hydroxyl groups is 1. The van der Waals surface area contributed by atoms with E-state index in [1.807, 2.05) is 20.8 Å². The van der Waals surface area contributed by atoms with Crippen molar-refractivity contribution in [3.63, 3.8) is 0 Å². The Morgan fingerprint density at radius 2 is 1.91 bits per heavy atom. The molecular formula is C9H19NO. The maximum Gasteiger partial charge on any atom is 0.133 e. The molecule has 0 aliphatic heterocycles. The molecule has 66 valence electrons. The maximum absolute atomic E-state index is 8.93. The van der Waals surface area contributed by atoms with E-state index >= 15 is 0 Å². The van der Waals surface area contributed by atoms with Gasteiger partial charge in [-0.2, -0.15) is 0 Å². The summed E-state index contributed by atoms with van der Waals surface area (Å²) in [6.45, 7) is 7.71. The summed E-state index contributed by atoms with van der Waals surface area (Å²) in [4.78, 5) is 0. The SMILES string of the molecule is C/C=C(O)\C(N)=C/CC.CC. The topological polar surface area (TPSA) is 46.2 Å². The first kappa shape index (κ1) is 12.7. The van der Waals surface area contributed by atoms with Crippen LogP contribution < -0.4 is 5.73 Å². The molecule has 0 aromatic carbocycles. The highest BCUT2D eigenvalue weighted by Gasteiger charge is 1.90. The van der Waals surface area contributed by atoms with Crippen LogP contribution in [-0.2, 0) is 0 Å². The molecular weight excluding hydrogens is 138 g/mol. The van der Waals surface area contributed by atoms with Gasteiger partial charge >= 0.3 is 0 Å². The van der Waals surface area contributed by atoms with E-state index in [1.54, 1.807) is 19.1 Å². The molecule has 0 saturated heterocycles. The molecule has 2 heteroatoms. The van der Waals surface area contributed by atoms with Gasteiger partial charge in [0.2, 0.25) is 0 Å². The third kappa shape index (κ3) is 6.97. The molecule has 0 unspecified atom stereocenters. The van der Waals surface area contributed by atoms with Gasteiger partial charge in [0.1, 0.15) is 5.76 Å². The lowest BCUT2D eigenvalue weighted by molar-refractivity contribution is 0.420. The van der Waals surface area contributed by atoms with Crippen molar-refractivity contribution in [1.29, 1.82) is 0 Å². The number of aliphatic hydroxyl groups excluding tert-OH is 1. The van der Waals surface area contributed by atoms with Crippen molar-refractivity contribution in [2.24, 2.45) is 5.73 Å². The van der Waals surface area contributed by atoms with Crippen molar-refractivity contribution >= 4 is 0 Å². The van der Waals surface area contributed by atoms with Crippen molar-refractivity contribution in [2.75, 3.05) is 0 Å². The van der Waals surface area contributed by atoms with Gasteiger partial charge in [-0.25, -0.2) is 0 Å². The lowest BCUT2D eigenvalue weighted by Crippen LogP contribution is -1.99. The molecule has 0 amide bonds. The second-order valence-corrected chi connectivity index (χ2v) is 1.74. The molecule has 3 N–H and O–H groups in total. The van der Waals surface area contributed by atoms with Crippen LogP contribution in [-0.4, -0.2) is 5.11 Å². The van der Waals surface area contributed by atoms with Crippen LogP contribution in [0.25, 0.3) is 0 Å².